The summed E-state index contributed by atoms with van der Waals surface area (Å²) >= 11 is 0. The average Bonchev–Trinajstić information content (AvgIpc) is 2.46. The smallest absolute Gasteiger partial charge is 0.318 e. The van der Waals surface area contributed by atoms with E-state index in [2.05, 4.69) is 5.32 Å². The summed E-state index contributed by atoms with van der Waals surface area (Å²) in [7, 11) is 0. The molecule has 0 saturated heterocycles. The predicted octanol–water partition coefficient (Wildman–Crippen LogP) is 1.23. The number of rotatable bonds is 5. The minimum absolute atomic E-state index is 0.370. The van der Waals surface area contributed by atoms with Crippen LogP contribution in [0.25, 0.3) is 0 Å². The van der Waals surface area contributed by atoms with Crippen LogP contribution in [0.15, 0.2) is 18.2 Å². The predicted molar refractivity (Wildman–Crippen MR) is 75.6 cm³/mol. The number of carboxylic acids is 1. The van der Waals surface area contributed by atoms with E-state index in [4.69, 9.17) is 14.6 Å². The van der Waals surface area contributed by atoms with Crippen molar-refractivity contribution >= 4 is 11.9 Å². The number of ether oxygens (including phenoxy) is 2. The molecule has 1 aromatic carbocycles. The maximum atomic E-state index is 11.8. The third kappa shape index (κ3) is 3.45. The maximum absolute atomic E-state index is 11.8. The topological polar surface area (TPSA) is 84.9 Å². The zero-order valence-electron chi connectivity index (χ0n) is 12.1. The highest BCUT2D eigenvalue weighted by Gasteiger charge is 2.35. The lowest BCUT2D eigenvalue weighted by atomic mass is 9.92. The first-order valence-corrected chi connectivity index (χ1v) is 6.81. The van der Waals surface area contributed by atoms with Crippen molar-refractivity contribution in [3.8, 4) is 11.5 Å². The molecule has 0 aliphatic carbocycles. The molecule has 0 aromatic heterocycles. The molecular weight excluding hydrogens is 274 g/mol. The molecule has 0 unspecified atom stereocenters. The van der Waals surface area contributed by atoms with Crippen LogP contribution in [0.5, 0.6) is 11.5 Å². The number of carboxylic acid groups (broad SMARTS) is 1. The van der Waals surface area contributed by atoms with Crippen LogP contribution < -0.4 is 14.8 Å². The molecule has 6 nitrogen and oxygen atoms in total. The number of fused-ring (bicyclic) bond motifs is 1. The Labute approximate surface area is 123 Å². The maximum Gasteiger partial charge on any atom is 0.318 e. The van der Waals surface area contributed by atoms with Gasteiger partial charge in [0.1, 0.15) is 18.6 Å². The minimum atomic E-state index is -1.42. The lowest BCUT2D eigenvalue weighted by Crippen LogP contribution is -2.43. The lowest BCUT2D eigenvalue weighted by Gasteiger charge is -2.20. The summed E-state index contributed by atoms with van der Waals surface area (Å²) in [4.78, 5) is 22.8. The molecule has 6 heteroatoms. The molecule has 0 bridgehead atoms. The van der Waals surface area contributed by atoms with Gasteiger partial charge >= 0.3 is 5.97 Å². The van der Waals surface area contributed by atoms with Gasteiger partial charge in [-0.15, -0.1) is 0 Å². The first-order chi connectivity index (χ1) is 9.91. The number of aliphatic carboxylic acids is 1. The normalized spacial score (nSPS) is 13.6. The van der Waals surface area contributed by atoms with Crippen molar-refractivity contribution in [3.05, 3.63) is 23.8 Å². The van der Waals surface area contributed by atoms with E-state index in [-0.39, 0.29) is 0 Å². The van der Waals surface area contributed by atoms with Crippen LogP contribution in [0, 0.1) is 5.41 Å². The van der Waals surface area contributed by atoms with Gasteiger partial charge in [-0.1, -0.05) is 6.07 Å². The number of benzene rings is 1. The quantitative estimate of drug-likeness (QED) is 0.798. The molecule has 0 saturated carbocycles. The molecular formula is C15H19NO5. The van der Waals surface area contributed by atoms with E-state index in [1.165, 1.54) is 13.8 Å². The molecule has 114 valence electrons. The van der Waals surface area contributed by atoms with Crippen LogP contribution in [-0.4, -0.2) is 36.7 Å². The number of amides is 1. The molecule has 0 atom stereocenters. The third-order valence-corrected chi connectivity index (χ3v) is 3.41. The van der Waals surface area contributed by atoms with Crippen LogP contribution in [0.4, 0.5) is 0 Å². The van der Waals surface area contributed by atoms with Gasteiger partial charge < -0.3 is 19.9 Å². The van der Waals surface area contributed by atoms with Crippen molar-refractivity contribution < 1.29 is 24.2 Å². The molecule has 0 radical (unpaired) electrons. The fraction of sp³-hybridized carbons (Fsp3) is 0.467. The van der Waals surface area contributed by atoms with Gasteiger partial charge in [0.2, 0.25) is 5.91 Å². The van der Waals surface area contributed by atoms with Crippen LogP contribution in [0.3, 0.4) is 0 Å². The van der Waals surface area contributed by atoms with E-state index in [1.54, 1.807) is 0 Å². The highest BCUT2D eigenvalue weighted by Crippen LogP contribution is 2.30. The van der Waals surface area contributed by atoms with Crippen LogP contribution in [0.1, 0.15) is 19.4 Å². The fourth-order valence-electron chi connectivity index (χ4n) is 1.88. The number of carbonyl (C=O) groups excluding carboxylic acids is 1. The van der Waals surface area contributed by atoms with E-state index in [9.17, 15) is 9.59 Å². The van der Waals surface area contributed by atoms with Gasteiger partial charge in [0, 0.05) is 6.54 Å². The Morgan fingerprint density at radius 1 is 1.24 bits per heavy atom. The fourth-order valence-corrected chi connectivity index (χ4v) is 1.88. The van der Waals surface area contributed by atoms with E-state index in [0.29, 0.717) is 31.9 Å². The molecule has 1 aliphatic rings. The molecule has 1 amide bonds. The summed E-state index contributed by atoms with van der Waals surface area (Å²) in [6.07, 6.45) is 0.595. The molecule has 2 N–H and O–H groups in total. The number of nitrogens with one attached hydrogen (secondary N) is 1. The molecule has 0 spiro atoms. The van der Waals surface area contributed by atoms with E-state index in [0.717, 1.165) is 11.3 Å². The Kier molecular flexibility index (Phi) is 4.35. The van der Waals surface area contributed by atoms with Crippen LogP contribution >= 0.6 is 0 Å². The monoisotopic (exact) mass is 293 g/mol. The first kappa shape index (κ1) is 15.2. The summed E-state index contributed by atoms with van der Waals surface area (Å²) < 4.78 is 10.9. The second-order valence-corrected chi connectivity index (χ2v) is 5.41. The Morgan fingerprint density at radius 3 is 2.57 bits per heavy atom. The standard InChI is InChI=1S/C15H19NO5/c1-15(2,14(18)19)13(17)16-6-5-10-3-4-11-12(9-10)21-8-7-20-11/h3-4,9H,5-8H2,1-2H3,(H,16,17)(H,18,19). The van der Waals surface area contributed by atoms with Gasteiger partial charge in [0.05, 0.1) is 0 Å². The van der Waals surface area contributed by atoms with Gasteiger partial charge in [-0.25, -0.2) is 0 Å². The van der Waals surface area contributed by atoms with Gasteiger partial charge in [-0.05, 0) is 38.0 Å². The summed E-state index contributed by atoms with van der Waals surface area (Å²) in [6, 6.07) is 5.62. The van der Waals surface area contributed by atoms with Gasteiger partial charge in [0.25, 0.3) is 0 Å². The largest absolute Gasteiger partial charge is 0.486 e. The SMILES string of the molecule is CC(C)(C(=O)O)C(=O)NCCc1ccc2c(c1)OCCO2. The van der Waals surface area contributed by atoms with Crippen molar-refractivity contribution in [2.75, 3.05) is 19.8 Å². The average molecular weight is 293 g/mol. The van der Waals surface area contributed by atoms with Crippen molar-refractivity contribution in [2.24, 2.45) is 5.41 Å². The van der Waals surface area contributed by atoms with Gasteiger partial charge in [-0.3, -0.25) is 9.59 Å². The summed E-state index contributed by atoms with van der Waals surface area (Å²) in [6.45, 7) is 4.21. The van der Waals surface area contributed by atoms with Gasteiger partial charge in [-0.2, -0.15) is 0 Å². The highest BCUT2D eigenvalue weighted by atomic mass is 16.6. The van der Waals surface area contributed by atoms with Crippen molar-refractivity contribution in [2.45, 2.75) is 20.3 Å². The number of hydrogen-bond acceptors (Lipinski definition) is 4. The molecule has 0 fully saturated rings. The second-order valence-electron chi connectivity index (χ2n) is 5.41. The molecule has 2 rings (SSSR count). The summed E-state index contributed by atoms with van der Waals surface area (Å²) in [5, 5.41) is 11.6. The van der Waals surface area contributed by atoms with E-state index in [1.807, 2.05) is 18.2 Å². The van der Waals surface area contributed by atoms with E-state index >= 15 is 0 Å². The summed E-state index contributed by atoms with van der Waals surface area (Å²) in [5.41, 5.74) is -0.431. The van der Waals surface area contributed by atoms with Crippen LogP contribution in [0.2, 0.25) is 0 Å². The summed E-state index contributed by atoms with van der Waals surface area (Å²) in [5.74, 6) is -0.205. The molecule has 1 heterocycles. The van der Waals surface area contributed by atoms with Crippen LogP contribution in [-0.2, 0) is 16.0 Å². The minimum Gasteiger partial charge on any atom is -0.486 e. The van der Waals surface area contributed by atoms with Crippen molar-refractivity contribution in [1.29, 1.82) is 0 Å². The number of carbonyl (C=O) groups is 2. The Morgan fingerprint density at radius 2 is 1.90 bits per heavy atom. The zero-order chi connectivity index (χ0) is 15.5. The molecule has 21 heavy (non-hydrogen) atoms. The van der Waals surface area contributed by atoms with Crippen molar-refractivity contribution in [1.82, 2.24) is 5.32 Å². The second kappa shape index (κ2) is 6.03. The molecule has 1 aromatic rings. The third-order valence-electron chi connectivity index (χ3n) is 3.41. The highest BCUT2D eigenvalue weighted by molar-refractivity contribution is 6.00. The first-order valence-electron chi connectivity index (χ1n) is 6.81. The molecule has 1 aliphatic heterocycles. The Balaban J connectivity index is 1.89. The lowest BCUT2D eigenvalue weighted by molar-refractivity contribution is -0.153. The van der Waals surface area contributed by atoms with Crippen molar-refractivity contribution in [3.63, 3.8) is 0 Å². The Bertz CT molecular complexity index is 553. The van der Waals surface area contributed by atoms with Gasteiger partial charge in [0.15, 0.2) is 11.5 Å². The zero-order valence-corrected chi connectivity index (χ0v) is 12.1. The number of hydrogen-bond donors (Lipinski definition) is 2. The van der Waals surface area contributed by atoms with E-state index < -0.39 is 17.3 Å². The Hall–Kier alpha value is -2.24.